The molecule has 1 saturated carbocycles. The zero-order chi connectivity index (χ0) is 13.1. The average molecular weight is 250 g/mol. The van der Waals surface area contributed by atoms with Gasteiger partial charge < -0.3 is 14.8 Å². The number of aromatic nitrogens is 2. The lowest BCUT2D eigenvalue weighted by molar-refractivity contribution is 0.262. The third-order valence-corrected chi connectivity index (χ3v) is 3.66. The van der Waals surface area contributed by atoms with Gasteiger partial charge in [-0.1, -0.05) is 13.8 Å². The Morgan fingerprint density at radius 3 is 2.67 bits per heavy atom. The Bertz CT molecular complexity index is 377. The second-order valence-corrected chi connectivity index (χ2v) is 5.37. The average Bonchev–Trinajstić information content (AvgIpc) is 3.08. The number of nitrogens with zero attached hydrogens (tertiary/aromatic N) is 3. The summed E-state index contributed by atoms with van der Waals surface area (Å²) >= 11 is 0. The molecular formula is C14H26N4. The second-order valence-electron chi connectivity index (χ2n) is 5.37. The Kier molecular flexibility index (Phi) is 4.27. The normalized spacial score (nSPS) is 17.2. The largest absolute Gasteiger partial charge is 0.353 e. The molecule has 0 saturated heterocycles. The number of nitrogens with one attached hydrogen (secondary N) is 1. The SMILES string of the molecule is CCN(CC)CC(C)n1cc(C)nc1NC1CC1. The molecule has 0 bridgehead atoms. The number of anilines is 1. The smallest absolute Gasteiger partial charge is 0.203 e. The van der Waals surface area contributed by atoms with Crippen LogP contribution in [0.4, 0.5) is 5.95 Å². The Hall–Kier alpha value is -1.03. The Balaban J connectivity index is 2.05. The summed E-state index contributed by atoms with van der Waals surface area (Å²) in [6, 6.07) is 1.12. The van der Waals surface area contributed by atoms with E-state index in [9.17, 15) is 0 Å². The molecule has 0 spiro atoms. The van der Waals surface area contributed by atoms with Crippen LogP contribution in [0.15, 0.2) is 6.20 Å². The van der Waals surface area contributed by atoms with E-state index >= 15 is 0 Å². The highest BCUT2D eigenvalue weighted by Crippen LogP contribution is 2.26. The predicted molar refractivity (Wildman–Crippen MR) is 76.1 cm³/mol. The highest BCUT2D eigenvalue weighted by Gasteiger charge is 2.24. The molecule has 4 heteroatoms. The predicted octanol–water partition coefficient (Wildman–Crippen LogP) is 2.67. The summed E-state index contributed by atoms with van der Waals surface area (Å²) in [7, 11) is 0. The summed E-state index contributed by atoms with van der Waals surface area (Å²) in [5, 5.41) is 3.53. The van der Waals surface area contributed by atoms with E-state index in [-0.39, 0.29) is 0 Å². The molecule has 4 nitrogen and oxygen atoms in total. The minimum absolute atomic E-state index is 0.465. The summed E-state index contributed by atoms with van der Waals surface area (Å²) < 4.78 is 2.30. The van der Waals surface area contributed by atoms with Crippen molar-refractivity contribution >= 4 is 5.95 Å². The molecule has 0 amide bonds. The van der Waals surface area contributed by atoms with Gasteiger partial charge in [0.15, 0.2) is 0 Å². The third-order valence-electron chi connectivity index (χ3n) is 3.66. The van der Waals surface area contributed by atoms with Crippen molar-refractivity contribution in [3.8, 4) is 0 Å². The van der Waals surface area contributed by atoms with Gasteiger partial charge in [0.25, 0.3) is 0 Å². The Morgan fingerprint density at radius 2 is 2.11 bits per heavy atom. The highest BCUT2D eigenvalue weighted by molar-refractivity contribution is 5.32. The Labute approximate surface area is 110 Å². The fourth-order valence-corrected chi connectivity index (χ4v) is 2.31. The molecule has 2 rings (SSSR count). The first-order valence-electron chi connectivity index (χ1n) is 7.18. The summed E-state index contributed by atoms with van der Waals surface area (Å²) in [6.45, 7) is 12.1. The molecular weight excluding hydrogens is 224 g/mol. The van der Waals surface area contributed by atoms with Crippen LogP contribution in [0.2, 0.25) is 0 Å². The van der Waals surface area contributed by atoms with Crippen LogP contribution in [-0.2, 0) is 0 Å². The van der Waals surface area contributed by atoms with Crippen LogP contribution in [-0.4, -0.2) is 40.1 Å². The molecule has 0 aromatic carbocycles. The lowest BCUT2D eigenvalue weighted by Crippen LogP contribution is -2.30. The third kappa shape index (κ3) is 3.25. The molecule has 1 heterocycles. The first-order valence-corrected chi connectivity index (χ1v) is 7.18. The van der Waals surface area contributed by atoms with E-state index in [1.54, 1.807) is 0 Å². The monoisotopic (exact) mass is 250 g/mol. The number of hydrogen-bond donors (Lipinski definition) is 1. The van der Waals surface area contributed by atoms with Gasteiger partial charge in [0.1, 0.15) is 0 Å². The van der Waals surface area contributed by atoms with Crippen molar-refractivity contribution in [3.63, 3.8) is 0 Å². The van der Waals surface area contributed by atoms with Crippen LogP contribution in [0.3, 0.4) is 0 Å². The zero-order valence-corrected chi connectivity index (χ0v) is 12.1. The highest BCUT2D eigenvalue weighted by atomic mass is 15.3. The van der Waals surface area contributed by atoms with Crippen molar-refractivity contribution in [2.75, 3.05) is 25.0 Å². The van der Waals surface area contributed by atoms with Gasteiger partial charge in [-0.05, 0) is 39.8 Å². The minimum Gasteiger partial charge on any atom is -0.353 e. The standard InChI is InChI=1S/C14H26N4/c1-5-17(6-2)10-12(4)18-9-11(3)15-14(18)16-13-7-8-13/h9,12-13H,5-8,10H2,1-4H3,(H,15,16). The van der Waals surface area contributed by atoms with Gasteiger partial charge in [-0.2, -0.15) is 0 Å². The second kappa shape index (κ2) is 5.74. The van der Waals surface area contributed by atoms with Gasteiger partial charge in [0.05, 0.1) is 5.69 Å². The van der Waals surface area contributed by atoms with E-state index in [1.165, 1.54) is 12.8 Å². The van der Waals surface area contributed by atoms with Crippen LogP contribution >= 0.6 is 0 Å². The van der Waals surface area contributed by atoms with Crippen molar-refractivity contribution in [2.24, 2.45) is 0 Å². The van der Waals surface area contributed by atoms with Crippen LogP contribution < -0.4 is 5.32 Å². The first-order chi connectivity index (χ1) is 8.63. The molecule has 0 radical (unpaired) electrons. The van der Waals surface area contributed by atoms with E-state index in [0.717, 1.165) is 31.3 Å². The molecule has 1 fully saturated rings. The Morgan fingerprint density at radius 1 is 1.44 bits per heavy atom. The molecule has 1 aromatic rings. The van der Waals surface area contributed by atoms with Crippen LogP contribution in [0.5, 0.6) is 0 Å². The summed E-state index contributed by atoms with van der Waals surface area (Å²) in [4.78, 5) is 7.06. The topological polar surface area (TPSA) is 33.1 Å². The maximum Gasteiger partial charge on any atom is 0.203 e. The maximum atomic E-state index is 4.60. The zero-order valence-electron chi connectivity index (χ0n) is 12.1. The quantitative estimate of drug-likeness (QED) is 0.807. The molecule has 1 atom stereocenters. The van der Waals surface area contributed by atoms with E-state index < -0.39 is 0 Å². The number of likely N-dealkylation sites (N-methyl/N-ethyl adjacent to an activating group) is 1. The molecule has 102 valence electrons. The van der Waals surface area contributed by atoms with Crippen LogP contribution in [0.25, 0.3) is 0 Å². The van der Waals surface area contributed by atoms with Gasteiger partial charge in [-0.15, -0.1) is 0 Å². The molecule has 1 unspecified atom stereocenters. The number of imidazole rings is 1. The van der Waals surface area contributed by atoms with E-state index in [4.69, 9.17) is 0 Å². The lowest BCUT2D eigenvalue weighted by atomic mass is 10.3. The van der Waals surface area contributed by atoms with Crippen molar-refractivity contribution < 1.29 is 0 Å². The van der Waals surface area contributed by atoms with Gasteiger partial charge in [-0.3, -0.25) is 0 Å². The van der Waals surface area contributed by atoms with Crippen molar-refractivity contribution in [3.05, 3.63) is 11.9 Å². The minimum atomic E-state index is 0.465. The number of aryl methyl sites for hydroxylation is 1. The molecule has 18 heavy (non-hydrogen) atoms. The molecule has 1 aliphatic rings. The van der Waals surface area contributed by atoms with E-state index in [0.29, 0.717) is 12.1 Å². The molecule has 1 N–H and O–H groups in total. The van der Waals surface area contributed by atoms with Crippen LogP contribution in [0.1, 0.15) is 45.3 Å². The maximum absolute atomic E-state index is 4.60. The number of rotatable bonds is 7. The van der Waals surface area contributed by atoms with E-state index in [1.807, 2.05) is 0 Å². The van der Waals surface area contributed by atoms with Gasteiger partial charge >= 0.3 is 0 Å². The molecule has 0 aliphatic heterocycles. The van der Waals surface area contributed by atoms with Crippen molar-refractivity contribution in [1.29, 1.82) is 0 Å². The first kappa shape index (κ1) is 13.4. The summed E-state index contributed by atoms with van der Waals surface area (Å²) in [5.41, 5.74) is 1.10. The van der Waals surface area contributed by atoms with Gasteiger partial charge in [0.2, 0.25) is 5.95 Å². The van der Waals surface area contributed by atoms with Gasteiger partial charge in [-0.25, -0.2) is 4.98 Å². The van der Waals surface area contributed by atoms with Gasteiger partial charge in [0, 0.05) is 24.8 Å². The molecule has 1 aromatic heterocycles. The fraction of sp³-hybridized carbons (Fsp3) is 0.786. The summed E-state index contributed by atoms with van der Waals surface area (Å²) in [5.74, 6) is 1.05. The number of hydrogen-bond acceptors (Lipinski definition) is 3. The van der Waals surface area contributed by atoms with Crippen molar-refractivity contribution in [1.82, 2.24) is 14.5 Å². The summed E-state index contributed by atoms with van der Waals surface area (Å²) in [6.07, 6.45) is 4.74. The molecule has 1 aliphatic carbocycles. The fourth-order valence-electron chi connectivity index (χ4n) is 2.31. The lowest BCUT2D eigenvalue weighted by Gasteiger charge is -2.24. The van der Waals surface area contributed by atoms with E-state index in [2.05, 4.69) is 53.7 Å². The van der Waals surface area contributed by atoms with Crippen molar-refractivity contribution in [2.45, 2.75) is 52.6 Å². The van der Waals surface area contributed by atoms with Crippen LogP contribution in [0, 0.1) is 6.92 Å².